The lowest BCUT2D eigenvalue weighted by Gasteiger charge is -2.28. The first-order chi connectivity index (χ1) is 26.3. The van der Waals surface area contributed by atoms with Gasteiger partial charge in [0, 0.05) is 31.8 Å². The number of hydrogen-bond donors (Lipinski definition) is 0. The molecule has 2 nitrogen and oxygen atoms in total. The second-order valence-electron chi connectivity index (χ2n) is 13.6. The number of furan rings is 1. The molecule has 0 atom stereocenters. The van der Waals surface area contributed by atoms with Crippen LogP contribution in [0, 0.1) is 0 Å². The predicted octanol–water partition coefficient (Wildman–Crippen LogP) is 15.1. The Bertz CT molecular complexity index is 3170. The van der Waals surface area contributed by atoms with E-state index in [1.54, 1.807) is 0 Å². The van der Waals surface area contributed by atoms with Crippen molar-refractivity contribution < 1.29 is 4.42 Å². The van der Waals surface area contributed by atoms with E-state index in [2.05, 4.69) is 193 Å². The standard InChI is InChI=1S/C50H31NOS/c1-2-12-32(13-3-1)33-24-26-35(27-25-33)37-30-31-44(48-42-17-6-8-22-46(42)52-49(37)48)51(45-21-11-19-41-40-16-7-9-23-47(40)53-50(41)45)43-20-10-18-38-36-15-5-4-14-34(36)28-29-39(38)43/h1-31H. The van der Waals surface area contributed by atoms with Gasteiger partial charge in [0.25, 0.3) is 0 Å². The Balaban J connectivity index is 1.22. The van der Waals surface area contributed by atoms with E-state index in [1.165, 1.54) is 52.8 Å². The number of thiophene rings is 1. The summed E-state index contributed by atoms with van der Waals surface area (Å²) in [7, 11) is 0. The quantitative estimate of drug-likeness (QED) is 0.167. The van der Waals surface area contributed by atoms with Gasteiger partial charge in [0.1, 0.15) is 11.2 Å². The van der Waals surface area contributed by atoms with Crippen LogP contribution in [-0.2, 0) is 0 Å². The summed E-state index contributed by atoms with van der Waals surface area (Å²) in [5.74, 6) is 0. The van der Waals surface area contributed by atoms with Gasteiger partial charge in [0.15, 0.2) is 0 Å². The topological polar surface area (TPSA) is 16.4 Å². The van der Waals surface area contributed by atoms with E-state index in [0.717, 1.165) is 50.1 Å². The van der Waals surface area contributed by atoms with Crippen molar-refractivity contribution in [3.05, 3.63) is 188 Å². The molecular formula is C50H31NOS. The molecule has 0 amide bonds. The maximum atomic E-state index is 6.87. The number of anilines is 3. The van der Waals surface area contributed by atoms with Gasteiger partial charge in [-0.15, -0.1) is 11.3 Å². The van der Waals surface area contributed by atoms with Crippen molar-refractivity contribution >= 4 is 92.1 Å². The van der Waals surface area contributed by atoms with Gasteiger partial charge < -0.3 is 9.32 Å². The Morgan fingerprint density at radius 2 is 1.04 bits per heavy atom. The van der Waals surface area contributed by atoms with Crippen LogP contribution in [0.5, 0.6) is 0 Å². The molecule has 0 saturated heterocycles. The smallest absolute Gasteiger partial charge is 0.145 e. The first kappa shape index (κ1) is 30.0. The maximum Gasteiger partial charge on any atom is 0.145 e. The third-order valence-electron chi connectivity index (χ3n) is 10.7. The summed E-state index contributed by atoms with van der Waals surface area (Å²) in [5, 5.41) is 9.67. The fourth-order valence-electron chi connectivity index (χ4n) is 8.21. The summed E-state index contributed by atoms with van der Waals surface area (Å²) >= 11 is 1.86. The maximum absolute atomic E-state index is 6.87. The minimum absolute atomic E-state index is 0.876. The van der Waals surface area contributed by atoms with Crippen LogP contribution in [-0.4, -0.2) is 0 Å². The van der Waals surface area contributed by atoms with Crippen LogP contribution in [0.1, 0.15) is 0 Å². The number of benzene rings is 9. The van der Waals surface area contributed by atoms with E-state index in [0.29, 0.717) is 0 Å². The first-order valence-corrected chi connectivity index (χ1v) is 18.8. The first-order valence-electron chi connectivity index (χ1n) is 18.0. The van der Waals surface area contributed by atoms with Crippen molar-refractivity contribution in [2.75, 3.05) is 4.90 Å². The van der Waals surface area contributed by atoms with E-state index < -0.39 is 0 Å². The van der Waals surface area contributed by atoms with Crippen molar-refractivity contribution in [1.82, 2.24) is 0 Å². The summed E-state index contributed by atoms with van der Waals surface area (Å²) < 4.78 is 9.41. The fourth-order valence-corrected chi connectivity index (χ4v) is 9.42. The van der Waals surface area contributed by atoms with Gasteiger partial charge in [-0.25, -0.2) is 0 Å². The molecule has 2 aromatic heterocycles. The lowest BCUT2D eigenvalue weighted by Crippen LogP contribution is -2.11. The molecule has 0 aliphatic carbocycles. The average Bonchev–Trinajstić information content (AvgIpc) is 3.81. The number of nitrogens with zero attached hydrogens (tertiary/aromatic N) is 1. The van der Waals surface area contributed by atoms with Crippen LogP contribution in [0.2, 0.25) is 0 Å². The largest absolute Gasteiger partial charge is 0.455 e. The highest BCUT2D eigenvalue weighted by atomic mass is 32.1. The highest BCUT2D eigenvalue weighted by Gasteiger charge is 2.25. The van der Waals surface area contributed by atoms with Crippen molar-refractivity contribution in [2.45, 2.75) is 0 Å². The minimum atomic E-state index is 0.876. The average molecular weight is 694 g/mol. The highest BCUT2D eigenvalue weighted by molar-refractivity contribution is 7.26. The molecule has 2 heterocycles. The van der Waals surface area contributed by atoms with Crippen LogP contribution in [0.15, 0.2) is 192 Å². The van der Waals surface area contributed by atoms with Gasteiger partial charge in [-0.05, 0) is 69.2 Å². The Morgan fingerprint density at radius 3 is 1.91 bits per heavy atom. The second kappa shape index (κ2) is 11.9. The van der Waals surface area contributed by atoms with E-state index in [1.807, 2.05) is 11.3 Å². The van der Waals surface area contributed by atoms with Crippen molar-refractivity contribution in [1.29, 1.82) is 0 Å². The SMILES string of the molecule is c1ccc(-c2ccc(-c3ccc(N(c4cccc5c4ccc4ccccc45)c4cccc5c4sc4ccccc45)c4c3oc3ccccc34)cc2)cc1. The number of para-hydroxylation sites is 1. The molecule has 53 heavy (non-hydrogen) atoms. The van der Waals surface area contributed by atoms with Gasteiger partial charge in [-0.2, -0.15) is 0 Å². The lowest BCUT2D eigenvalue weighted by atomic mass is 9.96. The van der Waals surface area contributed by atoms with Crippen molar-refractivity contribution in [3.63, 3.8) is 0 Å². The van der Waals surface area contributed by atoms with E-state index >= 15 is 0 Å². The molecule has 248 valence electrons. The van der Waals surface area contributed by atoms with Gasteiger partial charge in [-0.1, -0.05) is 152 Å². The fraction of sp³-hybridized carbons (Fsp3) is 0. The van der Waals surface area contributed by atoms with Crippen molar-refractivity contribution in [3.8, 4) is 22.3 Å². The van der Waals surface area contributed by atoms with Crippen molar-refractivity contribution in [2.24, 2.45) is 0 Å². The van der Waals surface area contributed by atoms with Crippen LogP contribution >= 0.6 is 11.3 Å². The third kappa shape index (κ3) is 4.71. The summed E-state index contributed by atoms with van der Waals surface area (Å²) in [6, 6.07) is 67.9. The lowest BCUT2D eigenvalue weighted by molar-refractivity contribution is 0.670. The van der Waals surface area contributed by atoms with Gasteiger partial charge in [-0.3, -0.25) is 0 Å². The summed E-state index contributed by atoms with van der Waals surface area (Å²) in [4.78, 5) is 2.49. The molecule has 3 heteroatoms. The molecule has 0 radical (unpaired) electrons. The molecule has 0 saturated carbocycles. The zero-order valence-electron chi connectivity index (χ0n) is 28.7. The zero-order valence-corrected chi connectivity index (χ0v) is 29.5. The molecule has 9 aromatic carbocycles. The molecule has 0 aliphatic rings. The molecule has 0 spiro atoms. The van der Waals surface area contributed by atoms with Gasteiger partial charge >= 0.3 is 0 Å². The predicted molar refractivity (Wildman–Crippen MR) is 227 cm³/mol. The number of hydrogen-bond acceptors (Lipinski definition) is 3. The zero-order chi connectivity index (χ0) is 34.9. The molecule has 0 bridgehead atoms. The van der Waals surface area contributed by atoms with Crippen LogP contribution in [0.3, 0.4) is 0 Å². The molecule has 0 aliphatic heterocycles. The summed E-state index contributed by atoms with van der Waals surface area (Å²) in [6.45, 7) is 0. The molecule has 11 rings (SSSR count). The molecule has 0 unspecified atom stereocenters. The molecule has 0 N–H and O–H groups in total. The highest BCUT2D eigenvalue weighted by Crippen LogP contribution is 2.51. The Hall–Kier alpha value is -6.68. The van der Waals surface area contributed by atoms with E-state index in [4.69, 9.17) is 4.42 Å². The summed E-state index contributed by atoms with van der Waals surface area (Å²) in [6.07, 6.45) is 0. The third-order valence-corrected chi connectivity index (χ3v) is 11.9. The minimum Gasteiger partial charge on any atom is -0.455 e. The Kier molecular flexibility index (Phi) is 6.76. The summed E-state index contributed by atoms with van der Waals surface area (Å²) in [5.41, 5.74) is 9.71. The van der Waals surface area contributed by atoms with Gasteiger partial charge in [0.2, 0.25) is 0 Å². The molecule has 11 aromatic rings. The monoisotopic (exact) mass is 693 g/mol. The number of fused-ring (bicyclic) bond motifs is 9. The van der Waals surface area contributed by atoms with Crippen LogP contribution < -0.4 is 4.90 Å². The van der Waals surface area contributed by atoms with E-state index in [9.17, 15) is 0 Å². The second-order valence-corrected chi connectivity index (χ2v) is 14.7. The number of rotatable bonds is 5. The Labute approximate surface area is 310 Å². The molecule has 0 fully saturated rings. The van der Waals surface area contributed by atoms with Crippen LogP contribution in [0.4, 0.5) is 17.1 Å². The van der Waals surface area contributed by atoms with Gasteiger partial charge in [0.05, 0.1) is 27.1 Å². The Morgan fingerprint density at radius 1 is 0.377 bits per heavy atom. The molecular weight excluding hydrogens is 663 g/mol. The normalized spacial score (nSPS) is 11.8. The van der Waals surface area contributed by atoms with E-state index in [-0.39, 0.29) is 0 Å². The van der Waals surface area contributed by atoms with Crippen LogP contribution in [0.25, 0.3) is 85.9 Å².